The fourth-order valence-corrected chi connectivity index (χ4v) is 3.15. The first kappa shape index (κ1) is 17.6. The number of aliphatic hydroxyl groups excluding tert-OH is 1. The standard InChI is InChI=1S/C20H23NO4/c1-14(22)15-3-4-16-13-21-18(12-17(16)11-15)5-6-20(19(23)24-2)7-9-25-10-8-20/h3-6,11-14,22H,7-10H2,1-2H3/b6-5+/t14-/m1/s1. The summed E-state index contributed by atoms with van der Waals surface area (Å²) in [7, 11) is 1.42. The van der Waals surface area contributed by atoms with Crippen LogP contribution in [0.25, 0.3) is 16.8 Å². The summed E-state index contributed by atoms with van der Waals surface area (Å²) in [5.74, 6) is -0.232. The smallest absolute Gasteiger partial charge is 0.315 e. The molecule has 0 aliphatic carbocycles. The Morgan fingerprint density at radius 3 is 2.76 bits per heavy atom. The first-order valence-electron chi connectivity index (χ1n) is 8.47. The SMILES string of the molecule is COC(=O)C1(/C=C/c2cc3cc([C@@H](C)O)ccc3cn2)CCOCC1. The molecule has 0 spiro atoms. The molecule has 3 rings (SSSR count). The van der Waals surface area contributed by atoms with Crippen molar-refractivity contribution in [2.45, 2.75) is 25.9 Å². The van der Waals surface area contributed by atoms with E-state index in [0.29, 0.717) is 26.1 Å². The topological polar surface area (TPSA) is 68.7 Å². The molecule has 1 N–H and O–H groups in total. The first-order valence-corrected chi connectivity index (χ1v) is 8.47. The van der Waals surface area contributed by atoms with Crippen molar-refractivity contribution in [2.24, 2.45) is 5.41 Å². The Labute approximate surface area is 147 Å². The quantitative estimate of drug-likeness (QED) is 0.865. The van der Waals surface area contributed by atoms with Crippen molar-refractivity contribution in [1.82, 2.24) is 4.98 Å². The number of carbonyl (C=O) groups is 1. The molecule has 5 heteroatoms. The van der Waals surface area contributed by atoms with Crippen LogP contribution in [0.15, 0.2) is 36.5 Å². The third-order valence-corrected chi connectivity index (χ3v) is 4.80. The van der Waals surface area contributed by atoms with Crippen molar-refractivity contribution in [2.75, 3.05) is 20.3 Å². The maximum Gasteiger partial charge on any atom is 0.315 e. The summed E-state index contributed by atoms with van der Waals surface area (Å²) >= 11 is 0. The molecule has 1 aliphatic rings. The van der Waals surface area contributed by atoms with Crippen LogP contribution in [-0.4, -0.2) is 36.4 Å². The summed E-state index contributed by atoms with van der Waals surface area (Å²) in [5.41, 5.74) is 0.986. The van der Waals surface area contributed by atoms with Gasteiger partial charge in [-0.1, -0.05) is 18.2 Å². The fraction of sp³-hybridized carbons (Fsp3) is 0.400. The van der Waals surface area contributed by atoms with E-state index < -0.39 is 11.5 Å². The van der Waals surface area contributed by atoms with E-state index in [4.69, 9.17) is 9.47 Å². The predicted molar refractivity (Wildman–Crippen MR) is 95.9 cm³/mol. The average molecular weight is 341 g/mol. The molecule has 1 aromatic heterocycles. The number of carbonyl (C=O) groups excluding carboxylic acids is 1. The van der Waals surface area contributed by atoms with E-state index in [0.717, 1.165) is 22.0 Å². The minimum absolute atomic E-state index is 0.232. The number of esters is 1. The highest BCUT2D eigenvalue weighted by Crippen LogP contribution is 2.34. The van der Waals surface area contributed by atoms with Gasteiger partial charge >= 0.3 is 5.97 Å². The van der Waals surface area contributed by atoms with Crippen LogP contribution in [0, 0.1) is 5.41 Å². The Bertz CT molecular complexity index is 791. The lowest BCUT2D eigenvalue weighted by atomic mass is 9.79. The van der Waals surface area contributed by atoms with Gasteiger partial charge in [-0.05, 0) is 48.9 Å². The number of nitrogens with zero attached hydrogens (tertiary/aromatic N) is 1. The average Bonchev–Trinajstić information content (AvgIpc) is 2.65. The van der Waals surface area contributed by atoms with Crippen LogP contribution in [-0.2, 0) is 14.3 Å². The Morgan fingerprint density at radius 1 is 1.32 bits per heavy atom. The number of pyridine rings is 1. The van der Waals surface area contributed by atoms with Crippen LogP contribution in [0.5, 0.6) is 0 Å². The number of hydrogen-bond donors (Lipinski definition) is 1. The number of methoxy groups -OCH3 is 1. The molecule has 2 heterocycles. The van der Waals surface area contributed by atoms with Crippen LogP contribution in [0.2, 0.25) is 0 Å². The molecule has 2 aromatic rings. The van der Waals surface area contributed by atoms with E-state index in [9.17, 15) is 9.90 Å². The molecule has 5 nitrogen and oxygen atoms in total. The summed E-state index contributed by atoms with van der Waals surface area (Å²) < 4.78 is 10.4. The van der Waals surface area contributed by atoms with Gasteiger partial charge in [-0.15, -0.1) is 0 Å². The number of hydrogen-bond acceptors (Lipinski definition) is 5. The highest BCUT2D eigenvalue weighted by molar-refractivity contribution is 5.85. The summed E-state index contributed by atoms with van der Waals surface area (Å²) in [6, 6.07) is 7.77. The predicted octanol–water partition coefficient (Wildman–Crippen LogP) is 3.27. The van der Waals surface area contributed by atoms with Crippen LogP contribution in [0.3, 0.4) is 0 Å². The fourth-order valence-electron chi connectivity index (χ4n) is 3.15. The lowest BCUT2D eigenvalue weighted by Crippen LogP contribution is -2.36. The lowest BCUT2D eigenvalue weighted by molar-refractivity contribution is -0.154. The number of benzene rings is 1. The number of rotatable bonds is 4. The second kappa shape index (κ2) is 7.33. The largest absolute Gasteiger partial charge is 0.468 e. The minimum atomic E-state index is -0.648. The van der Waals surface area contributed by atoms with E-state index in [1.165, 1.54) is 7.11 Å². The summed E-state index contributed by atoms with van der Waals surface area (Å²) in [5, 5.41) is 11.8. The van der Waals surface area contributed by atoms with Crippen molar-refractivity contribution in [3.8, 4) is 0 Å². The Morgan fingerprint density at radius 2 is 2.08 bits per heavy atom. The molecule has 25 heavy (non-hydrogen) atoms. The highest BCUT2D eigenvalue weighted by Gasteiger charge is 2.38. The zero-order valence-electron chi connectivity index (χ0n) is 14.6. The highest BCUT2D eigenvalue weighted by atomic mass is 16.5. The van der Waals surface area contributed by atoms with Gasteiger partial charge in [0, 0.05) is 24.8 Å². The molecule has 0 bridgehead atoms. The molecular formula is C20H23NO4. The number of fused-ring (bicyclic) bond motifs is 1. The van der Waals surface area contributed by atoms with Gasteiger partial charge in [-0.2, -0.15) is 0 Å². The van der Waals surface area contributed by atoms with Gasteiger partial charge in [0.1, 0.15) is 0 Å². The van der Waals surface area contributed by atoms with Crippen molar-refractivity contribution in [3.05, 3.63) is 47.8 Å². The van der Waals surface area contributed by atoms with Gasteiger partial charge in [-0.25, -0.2) is 0 Å². The zero-order chi connectivity index (χ0) is 17.9. The van der Waals surface area contributed by atoms with Gasteiger partial charge < -0.3 is 14.6 Å². The Balaban J connectivity index is 1.92. The molecule has 1 fully saturated rings. The van der Waals surface area contributed by atoms with Gasteiger partial charge in [0.2, 0.25) is 0 Å². The molecule has 1 aromatic carbocycles. The van der Waals surface area contributed by atoms with Crippen molar-refractivity contribution in [1.29, 1.82) is 0 Å². The monoisotopic (exact) mass is 341 g/mol. The van der Waals surface area contributed by atoms with Gasteiger partial charge in [0.15, 0.2) is 0 Å². The van der Waals surface area contributed by atoms with E-state index in [-0.39, 0.29) is 5.97 Å². The second-order valence-corrected chi connectivity index (χ2v) is 6.49. The summed E-state index contributed by atoms with van der Waals surface area (Å²) in [6.07, 6.45) is 6.27. The maximum absolute atomic E-state index is 12.3. The van der Waals surface area contributed by atoms with Crippen molar-refractivity contribution in [3.63, 3.8) is 0 Å². The van der Waals surface area contributed by atoms with E-state index in [1.54, 1.807) is 13.1 Å². The Hall–Kier alpha value is -2.24. The zero-order valence-corrected chi connectivity index (χ0v) is 14.6. The molecule has 0 unspecified atom stereocenters. The molecule has 1 aliphatic heterocycles. The molecule has 1 saturated heterocycles. The van der Waals surface area contributed by atoms with Crippen LogP contribution >= 0.6 is 0 Å². The number of aromatic nitrogens is 1. The van der Waals surface area contributed by atoms with Crippen LogP contribution < -0.4 is 0 Å². The molecule has 132 valence electrons. The maximum atomic E-state index is 12.3. The number of aliphatic hydroxyl groups is 1. The first-order chi connectivity index (χ1) is 12.0. The van der Waals surface area contributed by atoms with Crippen LogP contribution in [0.4, 0.5) is 0 Å². The van der Waals surface area contributed by atoms with E-state index in [1.807, 2.05) is 36.4 Å². The Kier molecular flexibility index (Phi) is 5.16. The third-order valence-electron chi connectivity index (χ3n) is 4.80. The lowest BCUT2D eigenvalue weighted by Gasteiger charge is -2.31. The molecule has 0 radical (unpaired) electrons. The summed E-state index contributed by atoms with van der Waals surface area (Å²) in [6.45, 7) is 2.83. The van der Waals surface area contributed by atoms with Gasteiger partial charge in [-0.3, -0.25) is 9.78 Å². The summed E-state index contributed by atoms with van der Waals surface area (Å²) in [4.78, 5) is 16.7. The van der Waals surface area contributed by atoms with Crippen molar-refractivity contribution >= 4 is 22.8 Å². The van der Waals surface area contributed by atoms with Gasteiger partial charge in [0.25, 0.3) is 0 Å². The molecule has 0 amide bonds. The van der Waals surface area contributed by atoms with Crippen molar-refractivity contribution < 1.29 is 19.4 Å². The minimum Gasteiger partial charge on any atom is -0.468 e. The second-order valence-electron chi connectivity index (χ2n) is 6.49. The normalized spacial score (nSPS) is 18.4. The van der Waals surface area contributed by atoms with Crippen LogP contribution in [0.1, 0.15) is 37.1 Å². The van der Waals surface area contributed by atoms with E-state index >= 15 is 0 Å². The molecule has 0 saturated carbocycles. The van der Waals surface area contributed by atoms with Gasteiger partial charge in [0.05, 0.1) is 24.3 Å². The molecular weight excluding hydrogens is 318 g/mol. The third kappa shape index (κ3) is 3.72. The molecule has 1 atom stereocenters. The van der Waals surface area contributed by atoms with E-state index in [2.05, 4.69) is 4.98 Å². The number of ether oxygens (including phenoxy) is 2.